The zero-order valence-corrected chi connectivity index (χ0v) is 20.6. The molecular formula is C21H37IN4O2. The van der Waals surface area contributed by atoms with Crippen LogP contribution >= 0.6 is 24.0 Å². The number of ether oxygens (including phenoxy) is 1. The van der Waals surface area contributed by atoms with E-state index in [1.54, 1.807) is 7.11 Å². The molecule has 0 spiro atoms. The predicted octanol–water partition coefficient (Wildman–Crippen LogP) is 4.02. The van der Waals surface area contributed by atoms with Crippen molar-refractivity contribution in [2.45, 2.75) is 54.2 Å². The third kappa shape index (κ3) is 9.73. The number of rotatable bonds is 8. The molecular weight excluding hydrogens is 467 g/mol. The maximum absolute atomic E-state index is 11.7. The van der Waals surface area contributed by atoms with Gasteiger partial charge in [-0.1, -0.05) is 46.8 Å². The summed E-state index contributed by atoms with van der Waals surface area (Å²) in [7, 11) is 1.74. The van der Waals surface area contributed by atoms with Gasteiger partial charge in [0.25, 0.3) is 0 Å². The van der Waals surface area contributed by atoms with E-state index in [1.165, 1.54) is 0 Å². The molecule has 1 atom stereocenters. The van der Waals surface area contributed by atoms with Crippen LogP contribution in [0.15, 0.2) is 29.3 Å². The van der Waals surface area contributed by atoms with Crippen molar-refractivity contribution in [1.29, 1.82) is 0 Å². The molecule has 3 N–H and O–H groups in total. The molecule has 0 saturated carbocycles. The average Bonchev–Trinajstić information content (AvgIpc) is 2.60. The maximum atomic E-state index is 11.7. The van der Waals surface area contributed by atoms with E-state index in [4.69, 9.17) is 4.74 Å². The lowest BCUT2D eigenvalue weighted by Crippen LogP contribution is -2.45. The summed E-state index contributed by atoms with van der Waals surface area (Å²) in [6, 6.07) is 7.78. The van der Waals surface area contributed by atoms with E-state index in [0.29, 0.717) is 13.1 Å². The average molecular weight is 504 g/mol. The molecule has 1 aromatic carbocycles. The first-order valence-corrected chi connectivity index (χ1v) is 9.62. The Morgan fingerprint density at radius 1 is 1.14 bits per heavy atom. The van der Waals surface area contributed by atoms with E-state index < -0.39 is 0 Å². The van der Waals surface area contributed by atoms with Crippen LogP contribution < -0.4 is 16.0 Å². The minimum Gasteiger partial charge on any atom is -0.379 e. The van der Waals surface area contributed by atoms with Gasteiger partial charge in [0.2, 0.25) is 5.91 Å². The van der Waals surface area contributed by atoms with E-state index in [2.05, 4.69) is 41.7 Å². The zero-order valence-electron chi connectivity index (χ0n) is 18.3. The van der Waals surface area contributed by atoms with Crippen LogP contribution in [-0.2, 0) is 16.1 Å². The van der Waals surface area contributed by atoms with Gasteiger partial charge in [0.1, 0.15) is 0 Å². The van der Waals surface area contributed by atoms with Crippen LogP contribution in [0, 0.1) is 11.3 Å². The van der Waals surface area contributed by atoms with Crippen molar-refractivity contribution in [3.05, 3.63) is 29.8 Å². The monoisotopic (exact) mass is 504 g/mol. The molecule has 1 aromatic rings. The first kappa shape index (κ1) is 26.6. The summed E-state index contributed by atoms with van der Waals surface area (Å²) in [5.74, 6) is 0.749. The lowest BCUT2D eigenvalue weighted by atomic mass is 9.89. The van der Waals surface area contributed by atoms with Gasteiger partial charge in [0, 0.05) is 31.8 Å². The van der Waals surface area contributed by atoms with E-state index in [-0.39, 0.29) is 47.3 Å². The smallest absolute Gasteiger partial charge is 0.226 e. The molecule has 0 radical (unpaired) electrons. The molecule has 1 unspecified atom stereocenters. The van der Waals surface area contributed by atoms with Crippen molar-refractivity contribution in [1.82, 2.24) is 10.6 Å². The molecule has 1 rings (SSSR count). The Balaban J connectivity index is 0.00000729. The lowest BCUT2D eigenvalue weighted by Gasteiger charge is -2.30. The van der Waals surface area contributed by atoms with E-state index in [9.17, 15) is 4.79 Å². The fourth-order valence-electron chi connectivity index (χ4n) is 2.42. The molecule has 0 aliphatic heterocycles. The van der Waals surface area contributed by atoms with Crippen molar-refractivity contribution in [2.24, 2.45) is 16.3 Å². The quantitative estimate of drug-likeness (QED) is 0.284. The van der Waals surface area contributed by atoms with Gasteiger partial charge in [-0.3, -0.25) is 4.79 Å². The minimum atomic E-state index is -0.0351. The summed E-state index contributed by atoms with van der Waals surface area (Å²) >= 11 is 0. The number of hydrogen-bond acceptors (Lipinski definition) is 3. The minimum absolute atomic E-state index is 0. The number of aliphatic imine (C=N–C) groups is 1. The van der Waals surface area contributed by atoms with Crippen LogP contribution in [0.1, 0.15) is 47.1 Å². The summed E-state index contributed by atoms with van der Waals surface area (Å²) in [6.07, 6.45) is 0.0882. The highest BCUT2D eigenvalue weighted by Crippen LogP contribution is 2.20. The Bertz CT molecular complexity index is 610. The van der Waals surface area contributed by atoms with Crippen LogP contribution in [0.4, 0.5) is 5.69 Å². The number of hydrogen-bond donors (Lipinski definition) is 3. The maximum Gasteiger partial charge on any atom is 0.226 e. The second-order valence-corrected chi connectivity index (χ2v) is 8.01. The van der Waals surface area contributed by atoms with Gasteiger partial charge in [0.05, 0.1) is 12.6 Å². The zero-order chi connectivity index (χ0) is 20.4. The number of halogens is 1. The topological polar surface area (TPSA) is 74.8 Å². The first-order valence-electron chi connectivity index (χ1n) is 9.62. The number of nitrogens with zero attached hydrogens (tertiary/aromatic N) is 1. The highest BCUT2D eigenvalue weighted by molar-refractivity contribution is 14.0. The molecule has 0 heterocycles. The fourth-order valence-corrected chi connectivity index (χ4v) is 2.42. The predicted molar refractivity (Wildman–Crippen MR) is 128 cm³/mol. The van der Waals surface area contributed by atoms with Crippen LogP contribution in [0.5, 0.6) is 0 Å². The number of methoxy groups -OCH3 is 1. The SMILES string of the molecule is CCNC(=NCc1ccc(NC(=O)C(C)C)cc1)NCC(OC)C(C)(C)C.I. The number of amides is 1. The van der Waals surface area contributed by atoms with E-state index in [1.807, 2.05) is 45.0 Å². The van der Waals surface area contributed by atoms with Crippen LogP contribution in [0.3, 0.4) is 0 Å². The van der Waals surface area contributed by atoms with Crippen LogP contribution in [-0.4, -0.2) is 38.2 Å². The summed E-state index contributed by atoms with van der Waals surface area (Å²) in [5, 5.41) is 9.51. The van der Waals surface area contributed by atoms with Crippen molar-refractivity contribution >= 4 is 41.5 Å². The summed E-state index contributed by atoms with van der Waals surface area (Å²) in [6.45, 7) is 14.3. The number of anilines is 1. The Labute approximate surface area is 187 Å². The molecule has 0 aliphatic rings. The molecule has 0 aliphatic carbocycles. The van der Waals surface area contributed by atoms with Crippen molar-refractivity contribution in [3.8, 4) is 0 Å². The highest BCUT2D eigenvalue weighted by Gasteiger charge is 2.24. The standard InChI is InChI=1S/C21H36N4O2.HI/c1-8-22-20(24-14-18(27-7)21(4,5)6)23-13-16-9-11-17(12-10-16)25-19(26)15(2)3;/h9-12,15,18H,8,13-14H2,1-7H3,(H,25,26)(H2,22,23,24);1H. The molecule has 28 heavy (non-hydrogen) atoms. The highest BCUT2D eigenvalue weighted by atomic mass is 127. The van der Waals surface area contributed by atoms with Crippen LogP contribution in [0.25, 0.3) is 0 Å². The molecule has 160 valence electrons. The van der Waals surface area contributed by atoms with Gasteiger partial charge in [-0.15, -0.1) is 24.0 Å². The molecule has 0 fully saturated rings. The van der Waals surface area contributed by atoms with Gasteiger partial charge in [-0.05, 0) is 30.0 Å². The number of carbonyl (C=O) groups is 1. The molecule has 6 nitrogen and oxygen atoms in total. The van der Waals surface area contributed by atoms with Gasteiger partial charge >= 0.3 is 0 Å². The molecule has 1 amide bonds. The van der Waals surface area contributed by atoms with Crippen molar-refractivity contribution < 1.29 is 9.53 Å². The fraction of sp³-hybridized carbons (Fsp3) is 0.619. The largest absolute Gasteiger partial charge is 0.379 e. The third-order valence-electron chi connectivity index (χ3n) is 4.22. The second kappa shape index (κ2) is 13.0. The normalized spacial score (nSPS) is 12.9. The van der Waals surface area contributed by atoms with Crippen molar-refractivity contribution in [3.63, 3.8) is 0 Å². The summed E-state index contributed by atoms with van der Waals surface area (Å²) in [4.78, 5) is 16.4. The Kier molecular flexibility index (Phi) is 12.4. The van der Waals surface area contributed by atoms with Gasteiger partial charge in [-0.25, -0.2) is 4.99 Å². The summed E-state index contributed by atoms with van der Waals surface area (Å²) < 4.78 is 5.59. The van der Waals surface area contributed by atoms with Gasteiger partial charge < -0.3 is 20.7 Å². The Morgan fingerprint density at radius 3 is 2.21 bits per heavy atom. The van der Waals surface area contributed by atoms with Crippen molar-refractivity contribution in [2.75, 3.05) is 25.5 Å². The molecule has 7 heteroatoms. The summed E-state index contributed by atoms with van der Waals surface area (Å²) in [5.41, 5.74) is 1.93. The Morgan fingerprint density at radius 2 is 1.75 bits per heavy atom. The second-order valence-electron chi connectivity index (χ2n) is 8.01. The number of guanidine groups is 1. The lowest BCUT2D eigenvalue weighted by molar-refractivity contribution is -0.118. The molecule has 0 saturated heterocycles. The van der Waals surface area contributed by atoms with Gasteiger partial charge in [0.15, 0.2) is 5.96 Å². The molecule has 0 aromatic heterocycles. The van der Waals surface area contributed by atoms with E-state index in [0.717, 1.165) is 23.8 Å². The van der Waals surface area contributed by atoms with Gasteiger partial charge in [-0.2, -0.15) is 0 Å². The first-order chi connectivity index (χ1) is 12.7. The number of nitrogens with one attached hydrogen (secondary N) is 3. The van der Waals surface area contributed by atoms with E-state index >= 15 is 0 Å². The molecule has 0 bridgehead atoms. The number of carbonyl (C=O) groups excluding carboxylic acids is 1. The van der Waals surface area contributed by atoms with Crippen LogP contribution in [0.2, 0.25) is 0 Å². The number of benzene rings is 1. The third-order valence-corrected chi connectivity index (χ3v) is 4.22. The Hall–Kier alpha value is -1.35.